The van der Waals surface area contributed by atoms with Crippen LogP contribution in [0, 0.1) is 0 Å². The third kappa shape index (κ3) is 4.09. The lowest BCUT2D eigenvalue weighted by molar-refractivity contribution is 0.410. The summed E-state index contributed by atoms with van der Waals surface area (Å²) in [4.78, 5) is 4.60. The summed E-state index contributed by atoms with van der Waals surface area (Å²) < 4.78 is 6.51. The van der Waals surface area contributed by atoms with Gasteiger partial charge in [-0.05, 0) is 48.7 Å². The van der Waals surface area contributed by atoms with Gasteiger partial charge in [-0.2, -0.15) is 0 Å². The van der Waals surface area contributed by atoms with E-state index >= 15 is 0 Å². The van der Waals surface area contributed by atoms with Gasteiger partial charge in [0.25, 0.3) is 0 Å². The van der Waals surface area contributed by atoms with E-state index in [4.69, 9.17) is 4.74 Å². The van der Waals surface area contributed by atoms with Crippen LogP contribution < -0.4 is 15.4 Å². The first-order valence-corrected chi connectivity index (χ1v) is 9.01. The van der Waals surface area contributed by atoms with Crippen molar-refractivity contribution in [2.24, 2.45) is 4.99 Å². The minimum absolute atomic E-state index is 0.830. The number of methoxy groups -OCH3 is 1. The van der Waals surface area contributed by atoms with Gasteiger partial charge in [-0.1, -0.05) is 28.1 Å². The summed E-state index contributed by atoms with van der Waals surface area (Å²) in [6.07, 6.45) is 1.98. The number of hydrogen-bond donors (Lipinski definition) is 2. The van der Waals surface area contributed by atoms with Crippen LogP contribution in [0.15, 0.2) is 51.9 Å². The summed E-state index contributed by atoms with van der Waals surface area (Å²) in [5, 5.41) is 6.93. The first-order chi connectivity index (χ1) is 11.8. The Balaban J connectivity index is 1.69. The molecular formula is C19H22BrN3O. The Morgan fingerprint density at radius 1 is 1.25 bits per heavy atom. The van der Waals surface area contributed by atoms with Crippen LogP contribution in [-0.4, -0.2) is 32.6 Å². The van der Waals surface area contributed by atoms with Gasteiger partial charge in [-0.25, -0.2) is 0 Å². The Morgan fingerprint density at radius 2 is 2.12 bits per heavy atom. The van der Waals surface area contributed by atoms with Crippen molar-refractivity contribution in [2.75, 3.05) is 32.1 Å². The molecule has 1 aliphatic rings. The van der Waals surface area contributed by atoms with Crippen molar-refractivity contribution in [3.63, 3.8) is 0 Å². The molecule has 0 unspecified atom stereocenters. The van der Waals surface area contributed by atoms with Gasteiger partial charge in [0.05, 0.1) is 7.11 Å². The lowest BCUT2D eigenvalue weighted by Crippen LogP contribution is -2.30. The van der Waals surface area contributed by atoms with Crippen LogP contribution in [0.2, 0.25) is 0 Å². The van der Waals surface area contributed by atoms with E-state index in [0.717, 1.165) is 59.8 Å². The zero-order valence-corrected chi connectivity index (χ0v) is 15.4. The number of aliphatic imine (C=N–C) groups is 1. The van der Waals surface area contributed by atoms with Crippen molar-refractivity contribution in [1.82, 2.24) is 5.32 Å². The zero-order chi connectivity index (χ0) is 16.8. The molecule has 0 spiro atoms. The molecule has 2 aromatic carbocycles. The van der Waals surface area contributed by atoms with Crippen molar-refractivity contribution >= 4 is 27.5 Å². The number of anilines is 1. The highest BCUT2D eigenvalue weighted by Crippen LogP contribution is 2.24. The van der Waals surface area contributed by atoms with E-state index < -0.39 is 0 Å². The van der Waals surface area contributed by atoms with Crippen molar-refractivity contribution in [1.29, 1.82) is 0 Å². The molecule has 5 heteroatoms. The quantitative estimate of drug-likeness (QED) is 0.790. The number of para-hydroxylation sites is 1. The maximum atomic E-state index is 5.44. The number of halogens is 1. The lowest BCUT2D eigenvalue weighted by atomic mass is 10.1. The third-order valence-corrected chi connectivity index (χ3v) is 4.52. The molecule has 24 heavy (non-hydrogen) atoms. The average molecular weight is 388 g/mol. The highest BCUT2D eigenvalue weighted by Gasteiger charge is 2.11. The Kier molecular flexibility index (Phi) is 5.75. The fourth-order valence-electron chi connectivity index (χ4n) is 2.83. The molecule has 0 atom stereocenters. The minimum Gasteiger partial charge on any atom is -0.496 e. The van der Waals surface area contributed by atoms with Crippen molar-refractivity contribution < 1.29 is 4.74 Å². The number of amidine groups is 1. The number of rotatable bonds is 6. The number of nitrogens with one attached hydrogen (secondary N) is 2. The maximum absolute atomic E-state index is 5.44. The molecule has 0 bridgehead atoms. The van der Waals surface area contributed by atoms with E-state index in [2.05, 4.69) is 61.9 Å². The Morgan fingerprint density at radius 3 is 2.92 bits per heavy atom. The molecule has 2 aromatic rings. The average Bonchev–Trinajstić information content (AvgIpc) is 2.63. The molecule has 0 aliphatic carbocycles. The van der Waals surface area contributed by atoms with Crippen LogP contribution >= 0.6 is 15.9 Å². The summed E-state index contributed by atoms with van der Waals surface area (Å²) in [6, 6.07) is 14.4. The number of hydrogen-bond acceptors (Lipinski definition) is 4. The highest BCUT2D eigenvalue weighted by molar-refractivity contribution is 9.10. The van der Waals surface area contributed by atoms with Crippen molar-refractivity contribution in [3.05, 3.63) is 58.1 Å². The van der Waals surface area contributed by atoms with E-state index in [-0.39, 0.29) is 0 Å². The molecule has 1 aliphatic heterocycles. The smallest absolute Gasteiger partial charge is 0.130 e. The van der Waals surface area contributed by atoms with E-state index in [1.807, 2.05) is 12.1 Å². The molecule has 126 valence electrons. The van der Waals surface area contributed by atoms with Gasteiger partial charge < -0.3 is 15.4 Å². The molecule has 0 saturated heterocycles. The number of benzene rings is 2. The lowest BCUT2D eigenvalue weighted by Gasteiger charge is -2.18. The molecule has 2 N–H and O–H groups in total. The highest BCUT2D eigenvalue weighted by atomic mass is 79.9. The number of nitrogens with zero attached hydrogens (tertiary/aromatic N) is 1. The molecule has 0 radical (unpaired) electrons. The fraction of sp³-hybridized carbons (Fsp3) is 0.316. The molecule has 4 nitrogen and oxygen atoms in total. The second kappa shape index (κ2) is 8.20. The molecule has 0 saturated carbocycles. The van der Waals surface area contributed by atoms with Crippen LogP contribution in [0.4, 0.5) is 5.69 Å². The van der Waals surface area contributed by atoms with E-state index in [9.17, 15) is 0 Å². The first kappa shape index (κ1) is 16.8. The van der Waals surface area contributed by atoms with Gasteiger partial charge in [0, 0.05) is 35.4 Å². The summed E-state index contributed by atoms with van der Waals surface area (Å²) >= 11 is 3.53. The summed E-state index contributed by atoms with van der Waals surface area (Å²) in [5.41, 5.74) is 3.43. The van der Waals surface area contributed by atoms with Crippen LogP contribution in [0.5, 0.6) is 5.75 Å². The van der Waals surface area contributed by atoms with Crippen LogP contribution in [-0.2, 0) is 6.42 Å². The second-order valence-corrected chi connectivity index (χ2v) is 6.60. The Bertz CT molecular complexity index is 730. The standard InChI is InChI=1S/C19H22BrN3O/c1-24-18-8-7-15(20)13-14(18)9-12-21-17-6-3-2-5-16(17)19-22-10-4-11-23-19/h2-3,5-8,13,21H,4,9-12H2,1H3,(H,22,23). The normalized spacial score (nSPS) is 13.8. The largest absolute Gasteiger partial charge is 0.496 e. The van der Waals surface area contributed by atoms with E-state index in [1.165, 1.54) is 5.56 Å². The minimum atomic E-state index is 0.830. The Hall–Kier alpha value is -2.01. The third-order valence-electron chi connectivity index (χ3n) is 4.03. The predicted molar refractivity (Wildman–Crippen MR) is 103 cm³/mol. The van der Waals surface area contributed by atoms with Crippen molar-refractivity contribution in [2.45, 2.75) is 12.8 Å². The topological polar surface area (TPSA) is 45.6 Å². The second-order valence-electron chi connectivity index (χ2n) is 5.69. The number of ether oxygens (including phenoxy) is 1. The van der Waals surface area contributed by atoms with Gasteiger partial charge >= 0.3 is 0 Å². The first-order valence-electron chi connectivity index (χ1n) is 8.22. The van der Waals surface area contributed by atoms with Gasteiger partial charge in [0.15, 0.2) is 0 Å². The van der Waals surface area contributed by atoms with Gasteiger partial charge in [0.2, 0.25) is 0 Å². The van der Waals surface area contributed by atoms with Crippen LogP contribution in [0.1, 0.15) is 17.5 Å². The maximum Gasteiger partial charge on any atom is 0.130 e. The molecule has 0 amide bonds. The Labute approximate surface area is 151 Å². The summed E-state index contributed by atoms with van der Waals surface area (Å²) in [7, 11) is 1.71. The molecule has 0 aromatic heterocycles. The molecule has 1 heterocycles. The summed E-state index contributed by atoms with van der Waals surface area (Å²) in [5.74, 6) is 1.91. The van der Waals surface area contributed by atoms with Gasteiger partial charge in [-0.3, -0.25) is 4.99 Å². The molecule has 3 rings (SSSR count). The monoisotopic (exact) mass is 387 g/mol. The van der Waals surface area contributed by atoms with E-state index in [1.54, 1.807) is 7.11 Å². The molecular weight excluding hydrogens is 366 g/mol. The predicted octanol–water partition coefficient (Wildman–Crippen LogP) is 3.85. The van der Waals surface area contributed by atoms with Crippen LogP contribution in [0.3, 0.4) is 0 Å². The van der Waals surface area contributed by atoms with E-state index in [0.29, 0.717) is 0 Å². The molecule has 0 fully saturated rings. The summed E-state index contributed by atoms with van der Waals surface area (Å²) in [6.45, 7) is 2.71. The van der Waals surface area contributed by atoms with Gasteiger partial charge in [-0.15, -0.1) is 0 Å². The fourth-order valence-corrected chi connectivity index (χ4v) is 3.24. The van der Waals surface area contributed by atoms with Gasteiger partial charge in [0.1, 0.15) is 11.6 Å². The van der Waals surface area contributed by atoms with Crippen LogP contribution in [0.25, 0.3) is 0 Å². The van der Waals surface area contributed by atoms with Crippen molar-refractivity contribution in [3.8, 4) is 5.75 Å². The SMILES string of the molecule is COc1ccc(Br)cc1CCNc1ccccc1C1=NCCCN1. The zero-order valence-electron chi connectivity index (χ0n) is 13.8.